The van der Waals surface area contributed by atoms with E-state index in [1.54, 1.807) is 12.4 Å². The van der Waals surface area contributed by atoms with Crippen LogP contribution in [-0.2, 0) is 4.74 Å². The molecule has 0 spiro atoms. The molecule has 0 aliphatic heterocycles. The van der Waals surface area contributed by atoms with Crippen molar-refractivity contribution in [3.05, 3.63) is 11.2 Å². The maximum Gasteiger partial charge on any atom is 0.360 e. The van der Waals surface area contributed by atoms with Crippen molar-refractivity contribution >= 4 is 22.3 Å². The van der Waals surface area contributed by atoms with Crippen LogP contribution in [0.1, 0.15) is 24.3 Å². The average molecular weight is 257 g/mol. The second kappa shape index (κ2) is 7.24. The summed E-state index contributed by atoms with van der Waals surface area (Å²) >= 11 is 1.42. The molecule has 1 rings (SSSR count). The van der Waals surface area contributed by atoms with E-state index < -0.39 is 0 Å². The molecule has 0 saturated carbocycles. The molecule has 0 aromatic carbocycles. The van der Waals surface area contributed by atoms with Gasteiger partial charge in [0.25, 0.3) is 0 Å². The van der Waals surface area contributed by atoms with Gasteiger partial charge in [-0.2, -0.15) is 0 Å². The summed E-state index contributed by atoms with van der Waals surface area (Å²) in [6, 6.07) is 0. The molecular weight excluding hydrogens is 238 g/mol. The fourth-order valence-electron chi connectivity index (χ4n) is 1.23. The number of esters is 1. The van der Waals surface area contributed by atoms with E-state index in [4.69, 9.17) is 4.74 Å². The zero-order valence-corrected chi connectivity index (χ0v) is 11.3. The summed E-state index contributed by atoms with van der Waals surface area (Å²) in [4.78, 5) is 17.8. The normalized spacial score (nSPS) is 10.6. The van der Waals surface area contributed by atoms with Gasteiger partial charge in [-0.3, -0.25) is 0 Å². The molecule has 0 amide bonds. The SMILES string of the molecule is CCOC(=O)c1ncsc1NCCN(C)CC. The maximum absolute atomic E-state index is 11.6. The van der Waals surface area contributed by atoms with Crippen molar-refractivity contribution in [2.45, 2.75) is 13.8 Å². The summed E-state index contributed by atoms with van der Waals surface area (Å²) in [5.41, 5.74) is 2.04. The van der Waals surface area contributed by atoms with Gasteiger partial charge in [0.1, 0.15) is 5.00 Å². The van der Waals surface area contributed by atoms with Crippen LogP contribution in [0.15, 0.2) is 5.51 Å². The highest BCUT2D eigenvalue weighted by Crippen LogP contribution is 2.20. The van der Waals surface area contributed by atoms with Crippen molar-refractivity contribution in [1.29, 1.82) is 0 Å². The molecule has 96 valence electrons. The van der Waals surface area contributed by atoms with Crippen LogP contribution >= 0.6 is 11.3 Å². The zero-order chi connectivity index (χ0) is 12.7. The Bertz CT molecular complexity index is 354. The Morgan fingerprint density at radius 3 is 3.00 bits per heavy atom. The third-order valence-electron chi connectivity index (χ3n) is 2.36. The summed E-state index contributed by atoms with van der Waals surface area (Å²) in [7, 11) is 2.06. The fraction of sp³-hybridized carbons (Fsp3) is 0.636. The third kappa shape index (κ3) is 4.32. The molecule has 1 N–H and O–H groups in total. The van der Waals surface area contributed by atoms with E-state index in [9.17, 15) is 4.79 Å². The number of aromatic nitrogens is 1. The standard InChI is InChI=1S/C11H19N3O2S/c1-4-14(3)7-6-12-10-9(13-8-17-10)11(15)16-5-2/h8,12H,4-7H2,1-3H3. The lowest BCUT2D eigenvalue weighted by Gasteiger charge is -2.14. The molecule has 0 saturated heterocycles. The number of nitrogens with one attached hydrogen (secondary N) is 1. The second-order valence-electron chi connectivity index (χ2n) is 3.57. The Labute approximate surface area is 106 Å². The highest BCUT2D eigenvalue weighted by Gasteiger charge is 2.15. The number of hydrogen-bond donors (Lipinski definition) is 1. The molecule has 5 nitrogen and oxygen atoms in total. The van der Waals surface area contributed by atoms with Gasteiger partial charge in [0.2, 0.25) is 0 Å². The molecule has 1 aromatic rings. The number of carbonyl (C=O) groups is 1. The van der Waals surface area contributed by atoms with Crippen molar-refractivity contribution in [3.8, 4) is 0 Å². The van der Waals surface area contributed by atoms with Crippen LogP contribution in [0.4, 0.5) is 5.00 Å². The van der Waals surface area contributed by atoms with Gasteiger partial charge in [-0.25, -0.2) is 9.78 Å². The summed E-state index contributed by atoms with van der Waals surface area (Å²) in [5.74, 6) is -0.361. The number of carbonyl (C=O) groups excluding carboxylic acids is 1. The van der Waals surface area contributed by atoms with E-state index in [1.807, 2.05) is 0 Å². The molecule has 0 unspecified atom stereocenters. The lowest BCUT2D eigenvalue weighted by atomic mass is 10.4. The van der Waals surface area contributed by atoms with Crippen LogP contribution in [-0.4, -0.2) is 49.1 Å². The first-order valence-corrected chi connectivity index (χ1v) is 6.60. The number of hydrogen-bond acceptors (Lipinski definition) is 6. The number of likely N-dealkylation sites (N-methyl/N-ethyl adjacent to an activating group) is 1. The van der Waals surface area contributed by atoms with Gasteiger partial charge >= 0.3 is 5.97 Å². The summed E-state index contributed by atoms with van der Waals surface area (Å²) in [5, 5.41) is 4.00. The number of nitrogens with zero attached hydrogens (tertiary/aromatic N) is 2. The van der Waals surface area contributed by atoms with Crippen LogP contribution in [0, 0.1) is 0 Å². The van der Waals surface area contributed by atoms with E-state index in [1.165, 1.54) is 11.3 Å². The lowest BCUT2D eigenvalue weighted by molar-refractivity contribution is 0.0521. The minimum absolute atomic E-state index is 0.361. The van der Waals surface area contributed by atoms with Gasteiger partial charge in [0, 0.05) is 13.1 Å². The first-order chi connectivity index (χ1) is 8.19. The van der Waals surface area contributed by atoms with E-state index in [2.05, 4.69) is 29.2 Å². The van der Waals surface area contributed by atoms with Gasteiger partial charge in [-0.15, -0.1) is 11.3 Å². The van der Waals surface area contributed by atoms with Crippen LogP contribution in [0.5, 0.6) is 0 Å². The smallest absolute Gasteiger partial charge is 0.360 e. The van der Waals surface area contributed by atoms with Crippen molar-refractivity contribution in [2.75, 3.05) is 38.6 Å². The van der Waals surface area contributed by atoms with Crippen LogP contribution in [0.3, 0.4) is 0 Å². The van der Waals surface area contributed by atoms with Crippen LogP contribution in [0.25, 0.3) is 0 Å². The molecule has 6 heteroatoms. The third-order valence-corrected chi connectivity index (χ3v) is 3.14. The van der Waals surface area contributed by atoms with Crippen LogP contribution in [0.2, 0.25) is 0 Å². The average Bonchev–Trinajstić information content (AvgIpc) is 2.77. The first-order valence-electron chi connectivity index (χ1n) is 5.72. The summed E-state index contributed by atoms with van der Waals surface area (Å²) in [6.07, 6.45) is 0. The lowest BCUT2D eigenvalue weighted by Crippen LogP contribution is -2.25. The molecular formula is C11H19N3O2S. The second-order valence-corrected chi connectivity index (χ2v) is 4.43. The Kier molecular flexibility index (Phi) is 5.93. The first kappa shape index (κ1) is 13.9. The molecule has 0 aliphatic rings. The predicted molar refractivity (Wildman–Crippen MR) is 69.7 cm³/mol. The number of rotatable bonds is 7. The molecule has 0 aliphatic carbocycles. The van der Waals surface area contributed by atoms with Crippen molar-refractivity contribution in [3.63, 3.8) is 0 Å². The van der Waals surface area contributed by atoms with Crippen molar-refractivity contribution < 1.29 is 9.53 Å². The molecule has 1 aromatic heterocycles. The van der Waals surface area contributed by atoms with Gasteiger partial charge in [-0.05, 0) is 20.5 Å². The fourth-order valence-corrected chi connectivity index (χ4v) is 1.93. The Morgan fingerprint density at radius 1 is 1.59 bits per heavy atom. The highest BCUT2D eigenvalue weighted by atomic mass is 32.1. The molecule has 0 fully saturated rings. The van der Waals surface area contributed by atoms with E-state index in [-0.39, 0.29) is 5.97 Å². The minimum atomic E-state index is -0.361. The Balaban J connectivity index is 2.48. The topological polar surface area (TPSA) is 54.5 Å². The van der Waals surface area contributed by atoms with E-state index in [0.717, 1.165) is 24.6 Å². The molecule has 1 heterocycles. The molecule has 0 atom stereocenters. The predicted octanol–water partition coefficient (Wildman–Crippen LogP) is 1.68. The number of thiazole rings is 1. The monoisotopic (exact) mass is 257 g/mol. The van der Waals surface area contributed by atoms with Gasteiger partial charge in [0.05, 0.1) is 12.1 Å². The highest BCUT2D eigenvalue weighted by molar-refractivity contribution is 7.14. The van der Waals surface area contributed by atoms with Crippen molar-refractivity contribution in [1.82, 2.24) is 9.88 Å². The minimum Gasteiger partial charge on any atom is -0.461 e. The van der Waals surface area contributed by atoms with Gasteiger partial charge in [0.15, 0.2) is 5.69 Å². The van der Waals surface area contributed by atoms with E-state index in [0.29, 0.717) is 12.3 Å². The van der Waals surface area contributed by atoms with Crippen LogP contribution < -0.4 is 5.32 Å². The largest absolute Gasteiger partial charge is 0.461 e. The van der Waals surface area contributed by atoms with Gasteiger partial charge < -0.3 is 15.0 Å². The Hall–Kier alpha value is -1.14. The number of ether oxygens (including phenoxy) is 1. The number of anilines is 1. The van der Waals surface area contributed by atoms with E-state index >= 15 is 0 Å². The zero-order valence-electron chi connectivity index (χ0n) is 10.5. The maximum atomic E-state index is 11.6. The summed E-state index contributed by atoms with van der Waals surface area (Å²) < 4.78 is 4.93. The molecule has 0 bridgehead atoms. The van der Waals surface area contributed by atoms with Crippen molar-refractivity contribution in [2.24, 2.45) is 0 Å². The molecule has 17 heavy (non-hydrogen) atoms. The quantitative estimate of drug-likeness (QED) is 0.753. The summed E-state index contributed by atoms with van der Waals surface area (Å²) in [6.45, 7) is 6.99. The van der Waals surface area contributed by atoms with Gasteiger partial charge in [-0.1, -0.05) is 6.92 Å². The Morgan fingerprint density at radius 2 is 2.35 bits per heavy atom. The molecule has 0 radical (unpaired) electrons.